The Bertz CT molecular complexity index is 425. The average molecular weight is 299 g/mol. The Morgan fingerprint density at radius 2 is 2.11 bits per heavy atom. The summed E-state index contributed by atoms with van der Waals surface area (Å²) < 4.78 is 14.2. The topological polar surface area (TPSA) is 12.0 Å². The van der Waals surface area contributed by atoms with Crippen molar-refractivity contribution in [3.63, 3.8) is 0 Å². The van der Waals surface area contributed by atoms with Crippen LogP contribution in [0.25, 0.3) is 0 Å². The smallest absolute Gasteiger partial charge is 0.128 e. The van der Waals surface area contributed by atoms with Crippen LogP contribution < -0.4 is 5.32 Å². The number of aryl methyl sites for hydroxylation is 1. The fourth-order valence-electron chi connectivity index (χ4n) is 2.54. The molecular formula is C15H22FNS2. The van der Waals surface area contributed by atoms with Crippen molar-refractivity contribution < 1.29 is 4.39 Å². The van der Waals surface area contributed by atoms with E-state index in [-0.39, 0.29) is 11.9 Å². The van der Waals surface area contributed by atoms with Gasteiger partial charge in [0.05, 0.1) is 0 Å². The summed E-state index contributed by atoms with van der Waals surface area (Å²) in [6, 6.07) is 5.54. The van der Waals surface area contributed by atoms with Crippen molar-refractivity contribution in [2.45, 2.75) is 37.3 Å². The zero-order chi connectivity index (χ0) is 13.8. The number of thioether (sulfide) groups is 2. The van der Waals surface area contributed by atoms with Gasteiger partial charge in [0.2, 0.25) is 0 Å². The molecule has 106 valence electrons. The molecule has 1 nitrogen and oxygen atoms in total. The highest BCUT2D eigenvalue weighted by molar-refractivity contribution is 8.07. The first kappa shape index (κ1) is 15.2. The van der Waals surface area contributed by atoms with Gasteiger partial charge in [-0.15, -0.1) is 0 Å². The molecule has 0 radical (unpaired) electrons. The number of benzene rings is 1. The first-order chi connectivity index (χ1) is 9.13. The summed E-state index contributed by atoms with van der Waals surface area (Å²) in [4.78, 5) is 0. The monoisotopic (exact) mass is 299 g/mol. The van der Waals surface area contributed by atoms with E-state index in [1.807, 2.05) is 42.6 Å². The van der Waals surface area contributed by atoms with Crippen LogP contribution in [0.15, 0.2) is 18.2 Å². The molecule has 1 aliphatic heterocycles. The van der Waals surface area contributed by atoms with E-state index in [0.717, 1.165) is 23.4 Å². The summed E-state index contributed by atoms with van der Waals surface area (Å²) in [5.41, 5.74) is 1.95. The van der Waals surface area contributed by atoms with Crippen molar-refractivity contribution in [2.75, 3.05) is 18.1 Å². The maximum absolute atomic E-state index is 14.2. The molecule has 3 atom stereocenters. The molecular weight excluding hydrogens is 277 g/mol. The van der Waals surface area contributed by atoms with Crippen LogP contribution in [0.5, 0.6) is 0 Å². The van der Waals surface area contributed by atoms with Gasteiger partial charge < -0.3 is 5.32 Å². The largest absolute Gasteiger partial charge is 0.309 e. The van der Waals surface area contributed by atoms with Crippen LogP contribution in [-0.4, -0.2) is 28.6 Å². The fraction of sp³-hybridized carbons (Fsp3) is 0.600. The van der Waals surface area contributed by atoms with Crippen LogP contribution in [-0.2, 0) is 0 Å². The van der Waals surface area contributed by atoms with E-state index in [2.05, 4.69) is 19.2 Å². The standard InChI is InChI=1S/C15H22FNS2/c1-4-17-14(15-11(3)18-7-8-19-15)12-9-10(2)5-6-13(12)16/h5-6,9,11,14-15,17H,4,7-8H2,1-3H3. The van der Waals surface area contributed by atoms with Gasteiger partial charge in [-0.25, -0.2) is 4.39 Å². The fourth-order valence-corrected chi connectivity index (χ4v) is 5.48. The molecule has 1 heterocycles. The van der Waals surface area contributed by atoms with Gasteiger partial charge in [0.15, 0.2) is 0 Å². The van der Waals surface area contributed by atoms with Crippen molar-refractivity contribution in [2.24, 2.45) is 0 Å². The second-order valence-corrected chi connectivity index (χ2v) is 7.74. The Kier molecular flexibility index (Phi) is 5.60. The van der Waals surface area contributed by atoms with E-state index >= 15 is 0 Å². The normalized spacial score (nSPS) is 25.3. The predicted molar refractivity (Wildman–Crippen MR) is 85.7 cm³/mol. The van der Waals surface area contributed by atoms with Gasteiger partial charge >= 0.3 is 0 Å². The summed E-state index contributed by atoms with van der Waals surface area (Å²) in [5, 5.41) is 4.49. The minimum absolute atomic E-state index is 0.0834. The first-order valence-electron chi connectivity index (χ1n) is 6.86. The van der Waals surface area contributed by atoms with E-state index < -0.39 is 0 Å². The molecule has 2 rings (SSSR count). The van der Waals surface area contributed by atoms with Crippen molar-refractivity contribution >= 4 is 23.5 Å². The lowest BCUT2D eigenvalue weighted by Crippen LogP contribution is -2.38. The second kappa shape index (κ2) is 7.00. The van der Waals surface area contributed by atoms with E-state index in [1.54, 1.807) is 6.07 Å². The molecule has 0 saturated carbocycles. The number of rotatable bonds is 4. The molecule has 1 fully saturated rings. The number of halogens is 1. The average Bonchev–Trinajstić information content (AvgIpc) is 2.40. The highest BCUT2D eigenvalue weighted by atomic mass is 32.2. The molecule has 0 aromatic heterocycles. The molecule has 3 unspecified atom stereocenters. The maximum atomic E-state index is 14.2. The summed E-state index contributed by atoms with van der Waals surface area (Å²) >= 11 is 3.98. The summed E-state index contributed by atoms with van der Waals surface area (Å²) in [6.07, 6.45) is 0. The predicted octanol–water partition coefficient (Wildman–Crippen LogP) is 4.02. The molecule has 1 N–H and O–H groups in total. The first-order valence-corrected chi connectivity index (χ1v) is 8.96. The van der Waals surface area contributed by atoms with Crippen molar-refractivity contribution in [3.05, 3.63) is 35.1 Å². The quantitative estimate of drug-likeness (QED) is 0.902. The van der Waals surface area contributed by atoms with Gasteiger partial charge in [-0.05, 0) is 19.5 Å². The molecule has 1 aromatic rings. The summed E-state index contributed by atoms with van der Waals surface area (Å²) in [7, 11) is 0. The maximum Gasteiger partial charge on any atom is 0.128 e. The van der Waals surface area contributed by atoms with Crippen LogP contribution >= 0.6 is 23.5 Å². The van der Waals surface area contributed by atoms with Gasteiger partial charge in [0.25, 0.3) is 0 Å². The Morgan fingerprint density at radius 3 is 2.79 bits per heavy atom. The van der Waals surface area contributed by atoms with Gasteiger partial charge in [-0.3, -0.25) is 0 Å². The van der Waals surface area contributed by atoms with Crippen LogP contribution in [0.2, 0.25) is 0 Å². The van der Waals surface area contributed by atoms with Crippen LogP contribution in [0, 0.1) is 12.7 Å². The third kappa shape index (κ3) is 3.67. The van der Waals surface area contributed by atoms with Gasteiger partial charge in [-0.2, -0.15) is 23.5 Å². The summed E-state index contributed by atoms with van der Waals surface area (Å²) in [5.74, 6) is 2.28. The SMILES string of the molecule is CCNC(c1cc(C)ccc1F)C1SCCSC1C. The molecule has 0 aliphatic carbocycles. The lowest BCUT2D eigenvalue weighted by Gasteiger charge is -2.35. The Hall–Kier alpha value is -0.190. The molecule has 0 bridgehead atoms. The zero-order valence-electron chi connectivity index (χ0n) is 11.8. The van der Waals surface area contributed by atoms with Crippen molar-refractivity contribution in [1.29, 1.82) is 0 Å². The molecule has 0 amide bonds. The zero-order valence-corrected chi connectivity index (χ0v) is 13.4. The van der Waals surface area contributed by atoms with E-state index in [0.29, 0.717) is 10.5 Å². The number of nitrogens with one attached hydrogen (secondary N) is 1. The van der Waals surface area contributed by atoms with Crippen molar-refractivity contribution in [1.82, 2.24) is 5.32 Å². The summed E-state index contributed by atoms with van der Waals surface area (Å²) in [6.45, 7) is 7.25. The van der Waals surface area contributed by atoms with Gasteiger partial charge in [0.1, 0.15) is 5.82 Å². The lowest BCUT2D eigenvalue weighted by atomic mass is 9.99. The minimum Gasteiger partial charge on any atom is -0.309 e. The Morgan fingerprint density at radius 1 is 1.37 bits per heavy atom. The van der Waals surface area contributed by atoms with Crippen LogP contribution in [0.1, 0.15) is 31.0 Å². The number of hydrogen-bond acceptors (Lipinski definition) is 3. The minimum atomic E-state index is -0.0834. The second-order valence-electron chi connectivity index (χ2n) is 4.97. The number of hydrogen-bond donors (Lipinski definition) is 1. The van der Waals surface area contributed by atoms with Gasteiger partial charge in [-0.1, -0.05) is 31.5 Å². The molecule has 1 aliphatic rings. The van der Waals surface area contributed by atoms with E-state index in [9.17, 15) is 4.39 Å². The highest BCUT2D eigenvalue weighted by Crippen LogP contribution is 2.39. The third-order valence-electron chi connectivity index (χ3n) is 3.48. The Labute approximate surface area is 124 Å². The van der Waals surface area contributed by atoms with Crippen LogP contribution in [0.4, 0.5) is 4.39 Å². The highest BCUT2D eigenvalue weighted by Gasteiger charge is 2.32. The molecule has 1 saturated heterocycles. The third-order valence-corrected chi connectivity index (χ3v) is 6.67. The van der Waals surface area contributed by atoms with E-state index in [4.69, 9.17) is 0 Å². The van der Waals surface area contributed by atoms with Gasteiger partial charge in [0, 0.05) is 33.6 Å². The molecule has 0 spiro atoms. The molecule has 1 aromatic carbocycles. The van der Waals surface area contributed by atoms with E-state index in [1.165, 1.54) is 5.75 Å². The lowest BCUT2D eigenvalue weighted by molar-refractivity contribution is 0.493. The molecule has 4 heteroatoms. The van der Waals surface area contributed by atoms with Crippen LogP contribution in [0.3, 0.4) is 0 Å². The van der Waals surface area contributed by atoms with Crippen molar-refractivity contribution in [3.8, 4) is 0 Å². The Balaban J connectivity index is 2.30. The molecule has 19 heavy (non-hydrogen) atoms.